The van der Waals surface area contributed by atoms with Crippen LogP contribution in [0.5, 0.6) is 0 Å². The standard InChI is InChI=1S/C12H23N3O2/c1-7(2)10(11(13)14-17)12(16)15-6-8(3)5-9(15)4/h7-10,17H,5-6H2,1-4H3,(H2,13,14). The molecule has 3 unspecified atom stereocenters. The first-order valence-electron chi connectivity index (χ1n) is 6.16. The molecule has 1 heterocycles. The molecule has 3 atom stereocenters. The molecule has 0 spiro atoms. The van der Waals surface area contributed by atoms with E-state index in [4.69, 9.17) is 10.9 Å². The summed E-state index contributed by atoms with van der Waals surface area (Å²) in [5, 5.41) is 11.7. The van der Waals surface area contributed by atoms with Crippen molar-refractivity contribution in [1.82, 2.24) is 4.90 Å². The minimum absolute atomic E-state index is 0.0109. The molecule has 0 radical (unpaired) electrons. The fourth-order valence-corrected chi connectivity index (χ4v) is 2.60. The molecule has 0 bridgehead atoms. The van der Waals surface area contributed by atoms with Gasteiger partial charge in [-0.05, 0) is 25.2 Å². The summed E-state index contributed by atoms with van der Waals surface area (Å²) >= 11 is 0. The Hall–Kier alpha value is -1.26. The van der Waals surface area contributed by atoms with Crippen LogP contribution < -0.4 is 5.73 Å². The number of carbonyl (C=O) groups is 1. The number of carbonyl (C=O) groups excluding carboxylic acids is 1. The fourth-order valence-electron chi connectivity index (χ4n) is 2.60. The minimum atomic E-state index is -0.521. The Kier molecular flexibility index (Phi) is 4.37. The number of hydrogen-bond donors (Lipinski definition) is 2. The van der Waals surface area contributed by atoms with Crippen LogP contribution in [0.1, 0.15) is 34.1 Å². The number of amidine groups is 1. The topological polar surface area (TPSA) is 78.9 Å². The summed E-state index contributed by atoms with van der Waals surface area (Å²) in [6.45, 7) is 8.76. The zero-order valence-corrected chi connectivity index (χ0v) is 11.1. The first-order valence-corrected chi connectivity index (χ1v) is 6.16. The SMILES string of the molecule is CC1CC(C)N(C(=O)C(C(N)=NO)C(C)C)C1. The van der Waals surface area contributed by atoms with Crippen molar-refractivity contribution in [3.05, 3.63) is 0 Å². The van der Waals surface area contributed by atoms with E-state index in [1.165, 1.54) is 0 Å². The normalized spacial score (nSPS) is 27.6. The summed E-state index contributed by atoms with van der Waals surface area (Å²) in [6.07, 6.45) is 1.02. The van der Waals surface area contributed by atoms with Crippen LogP contribution in [0, 0.1) is 17.8 Å². The summed E-state index contributed by atoms with van der Waals surface area (Å²) in [5.41, 5.74) is 5.62. The van der Waals surface area contributed by atoms with Gasteiger partial charge in [-0.2, -0.15) is 0 Å². The summed E-state index contributed by atoms with van der Waals surface area (Å²) < 4.78 is 0. The Morgan fingerprint density at radius 2 is 2.06 bits per heavy atom. The van der Waals surface area contributed by atoms with Gasteiger partial charge in [0.25, 0.3) is 0 Å². The monoisotopic (exact) mass is 241 g/mol. The fraction of sp³-hybridized carbons (Fsp3) is 0.833. The molecule has 1 rings (SSSR count). The second-order valence-corrected chi connectivity index (χ2v) is 5.43. The molecule has 1 aliphatic heterocycles. The third-order valence-corrected chi connectivity index (χ3v) is 3.43. The average Bonchev–Trinajstić information content (AvgIpc) is 2.57. The van der Waals surface area contributed by atoms with Gasteiger partial charge >= 0.3 is 0 Å². The number of nitrogens with two attached hydrogens (primary N) is 1. The Labute approximate surface area is 103 Å². The van der Waals surface area contributed by atoms with Crippen LogP contribution >= 0.6 is 0 Å². The van der Waals surface area contributed by atoms with E-state index in [-0.39, 0.29) is 23.7 Å². The minimum Gasteiger partial charge on any atom is -0.409 e. The molecule has 3 N–H and O–H groups in total. The van der Waals surface area contributed by atoms with Gasteiger partial charge < -0.3 is 15.8 Å². The summed E-state index contributed by atoms with van der Waals surface area (Å²) in [4.78, 5) is 14.3. The molecule has 1 saturated heterocycles. The molecular formula is C12H23N3O2. The third kappa shape index (κ3) is 2.90. The lowest BCUT2D eigenvalue weighted by Crippen LogP contribution is -2.45. The Morgan fingerprint density at radius 3 is 2.41 bits per heavy atom. The van der Waals surface area contributed by atoms with E-state index >= 15 is 0 Å². The summed E-state index contributed by atoms with van der Waals surface area (Å²) in [7, 11) is 0. The Balaban J connectivity index is 2.86. The van der Waals surface area contributed by atoms with Crippen molar-refractivity contribution >= 4 is 11.7 Å². The highest BCUT2D eigenvalue weighted by Gasteiger charge is 2.37. The lowest BCUT2D eigenvalue weighted by atomic mass is 9.93. The number of rotatable bonds is 3. The molecule has 17 heavy (non-hydrogen) atoms. The molecule has 1 aliphatic rings. The molecular weight excluding hydrogens is 218 g/mol. The van der Waals surface area contributed by atoms with Crippen LogP contribution in [0.3, 0.4) is 0 Å². The number of hydrogen-bond acceptors (Lipinski definition) is 3. The van der Waals surface area contributed by atoms with Crippen molar-refractivity contribution in [2.45, 2.75) is 40.2 Å². The zero-order valence-electron chi connectivity index (χ0n) is 11.1. The van der Waals surface area contributed by atoms with Gasteiger partial charge in [-0.25, -0.2) is 0 Å². The maximum absolute atomic E-state index is 12.4. The van der Waals surface area contributed by atoms with Crippen molar-refractivity contribution < 1.29 is 10.0 Å². The van der Waals surface area contributed by atoms with E-state index in [1.54, 1.807) is 0 Å². The first-order chi connectivity index (χ1) is 7.88. The third-order valence-electron chi connectivity index (χ3n) is 3.43. The van der Waals surface area contributed by atoms with Crippen molar-refractivity contribution in [2.75, 3.05) is 6.54 Å². The van der Waals surface area contributed by atoms with Crippen LogP contribution in [0.4, 0.5) is 0 Å². The van der Waals surface area contributed by atoms with Crippen molar-refractivity contribution in [2.24, 2.45) is 28.6 Å². The molecule has 5 heteroatoms. The Morgan fingerprint density at radius 1 is 1.47 bits per heavy atom. The van der Waals surface area contributed by atoms with Crippen LogP contribution in [-0.4, -0.2) is 34.4 Å². The maximum atomic E-state index is 12.4. The first kappa shape index (κ1) is 13.8. The number of oxime groups is 1. The molecule has 1 amide bonds. The van der Waals surface area contributed by atoms with E-state index < -0.39 is 5.92 Å². The van der Waals surface area contributed by atoms with Gasteiger partial charge in [-0.15, -0.1) is 0 Å². The highest BCUT2D eigenvalue weighted by molar-refractivity contribution is 6.02. The van der Waals surface area contributed by atoms with Crippen LogP contribution in [0.15, 0.2) is 5.16 Å². The highest BCUT2D eigenvalue weighted by atomic mass is 16.4. The highest BCUT2D eigenvalue weighted by Crippen LogP contribution is 2.26. The van der Waals surface area contributed by atoms with Gasteiger partial charge in [0, 0.05) is 12.6 Å². The molecule has 0 aromatic rings. The van der Waals surface area contributed by atoms with Crippen LogP contribution in [0.2, 0.25) is 0 Å². The number of likely N-dealkylation sites (tertiary alicyclic amines) is 1. The second kappa shape index (κ2) is 5.38. The zero-order chi connectivity index (χ0) is 13.2. The number of amides is 1. The maximum Gasteiger partial charge on any atom is 0.233 e. The molecule has 0 aromatic carbocycles. The van der Waals surface area contributed by atoms with E-state index in [0.29, 0.717) is 5.92 Å². The quantitative estimate of drug-likeness (QED) is 0.338. The van der Waals surface area contributed by atoms with E-state index in [1.807, 2.05) is 25.7 Å². The van der Waals surface area contributed by atoms with Gasteiger partial charge in [-0.1, -0.05) is 25.9 Å². The summed E-state index contributed by atoms with van der Waals surface area (Å²) in [6, 6.07) is 0.241. The molecule has 98 valence electrons. The van der Waals surface area contributed by atoms with Gasteiger partial charge in [0.15, 0.2) is 5.84 Å². The van der Waals surface area contributed by atoms with Crippen LogP contribution in [0.25, 0.3) is 0 Å². The summed E-state index contributed by atoms with van der Waals surface area (Å²) in [5.74, 6) is 0.0206. The van der Waals surface area contributed by atoms with E-state index in [9.17, 15) is 4.79 Å². The Bertz CT molecular complexity index is 315. The molecule has 0 saturated carbocycles. The molecule has 1 fully saturated rings. The van der Waals surface area contributed by atoms with Gasteiger partial charge in [0.2, 0.25) is 5.91 Å². The van der Waals surface area contributed by atoms with Crippen LogP contribution in [-0.2, 0) is 4.79 Å². The van der Waals surface area contributed by atoms with Gasteiger partial charge in [-0.3, -0.25) is 4.79 Å². The van der Waals surface area contributed by atoms with E-state index in [2.05, 4.69) is 12.1 Å². The molecule has 0 aliphatic carbocycles. The molecule has 0 aromatic heterocycles. The number of nitrogens with zero attached hydrogens (tertiary/aromatic N) is 2. The van der Waals surface area contributed by atoms with Crippen molar-refractivity contribution in [1.29, 1.82) is 0 Å². The largest absolute Gasteiger partial charge is 0.409 e. The van der Waals surface area contributed by atoms with Gasteiger partial charge in [0.05, 0.1) is 0 Å². The van der Waals surface area contributed by atoms with Gasteiger partial charge in [0.1, 0.15) is 5.92 Å². The second-order valence-electron chi connectivity index (χ2n) is 5.43. The average molecular weight is 241 g/mol. The predicted octanol–water partition coefficient (Wildman–Crippen LogP) is 1.26. The van der Waals surface area contributed by atoms with Crippen molar-refractivity contribution in [3.63, 3.8) is 0 Å². The molecule has 5 nitrogen and oxygen atoms in total. The predicted molar refractivity (Wildman–Crippen MR) is 66.7 cm³/mol. The lowest BCUT2D eigenvalue weighted by molar-refractivity contribution is -0.135. The lowest BCUT2D eigenvalue weighted by Gasteiger charge is -2.28. The van der Waals surface area contributed by atoms with E-state index in [0.717, 1.165) is 13.0 Å². The smallest absolute Gasteiger partial charge is 0.233 e. The van der Waals surface area contributed by atoms with Crippen molar-refractivity contribution in [3.8, 4) is 0 Å².